The van der Waals surface area contributed by atoms with Crippen LogP contribution in [-0.2, 0) is 14.3 Å². The predicted octanol–water partition coefficient (Wildman–Crippen LogP) is 3.25. The number of ketones is 1. The van der Waals surface area contributed by atoms with Crippen LogP contribution in [-0.4, -0.2) is 47.7 Å². The minimum atomic E-state index is -0.815. The molecule has 0 aliphatic carbocycles. The summed E-state index contributed by atoms with van der Waals surface area (Å²) >= 11 is 0. The SMILES string of the molecule is CC(C)OCCCN1C(=O)C(=O)/C(=C(\O)c2ccc3c(c2)OCO3)C1c1ccco1. The number of Topliss-reactive ketones (excluding diaryl/α,β-unsaturated/α-hetero) is 1. The molecule has 2 aliphatic rings. The molecule has 2 aliphatic heterocycles. The number of amides is 1. The van der Waals surface area contributed by atoms with Crippen molar-refractivity contribution in [3.05, 3.63) is 53.5 Å². The molecule has 1 N–H and O–H groups in total. The van der Waals surface area contributed by atoms with Crippen LogP contribution >= 0.6 is 0 Å². The van der Waals surface area contributed by atoms with E-state index in [1.807, 2.05) is 13.8 Å². The molecule has 3 heterocycles. The zero-order chi connectivity index (χ0) is 21.3. The first-order valence-electron chi connectivity index (χ1n) is 9.81. The number of aliphatic hydroxyl groups is 1. The standard InChI is InChI=1S/C22H23NO7/c1-13(2)27-10-4-8-23-19(16-5-3-9-28-16)18(21(25)22(23)26)20(24)14-6-7-15-17(11-14)30-12-29-15/h3,5-7,9,11,13,19,24H,4,8,10,12H2,1-2H3/b20-18-. The van der Waals surface area contributed by atoms with Gasteiger partial charge in [-0.2, -0.15) is 0 Å². The minimum Gasteiger partial charge on any atom is -0.507 e. The van der Waals surface area contributed by atoms with Crippen LogP contribution in [0.1, 0.15) is 37.6 Å². The Morgan fingerprint density at radius 3 is 2.77 bits per heavy atom. The Morgan fingerprint density at radius 2 is 2.03 bits per heavy atom. The summed E-state index contributed by atoms with van der Waals surface area (Å²) in [6.07, 6.45) is 2.09. The van der Waals surface area contributed by atoms with Crippen LogP contribution in [0.5, 0.6) is 11.5 Å². The van der Waals surface area contributed by atoms with E-state index in [1.165, 1.54) is 11.2 Å². The molecule has 8 heteroatoms. The van der Waals surface area contributed by atoms with Crippen LogP contribution < -0.4 is 9.47 Å². The first kappa shape index (κ1) is 20.0. The number of carbonyl (C=O) groups excluding carboxylic acids is 2. The molecule has 0 saturated carbocycles. The fourth-order valence-corrected chi connectivity index (χ4v) is 3.61. The Kier molecular flexibility index (Phi) is 5.50. The number of ether oxygens (including phenoxy) is 3. The largest absolute Gasteiger partial charge is 0.507 e. The second-order valence-corrected chi connectivity index (χ2v) is 7.35. The molecule has 158 valence electrons. The van der Waals surface area contributed by atoms with Crippen LogP contribution in [0.4, 0.5) is 0 Å². The number of aliphatic hydroxyl groups excluding tert-OH is 1. The lowest BCUT2D eigenvalue weighted by molar-refractivity contribution is -0.140. The number of benzene rings is 1. The van der Waals surface area contributed by atoms with Crippen molar-refractivity contribution in [1.29, 1.82) is 0 Å². The lowest BCUT2D eigenvalue weighted by Gasteiger charge is -2.23. The second-order valence-electron chi connectivity index (χ2n) is 7.35. The van der Waals surface area contributed by atoms with Crippen LogP contribution in [0.25, 0.3) is 5.76 Å². The van der Waals surface area contributed by atoms with Crippen LogP contribution in [0, 0.1) is 0 Å². The maximum atomic E-state index is 12.9. The number of fused-ring (bicyclic) bond motifs is 1. The van der Waals surface area contributed by atoms with Gasteiger partial charge in [-0.05, 0) is 50.6 Å². The van der Waals surface area contributed by atoms with Crippen molar-refractivity contribution in [1.82, 2.24) is 4.90 Å². The van der Waals surface area contributed by atoms with Gasteiger partial charge in [0.25, 0.3) is 11.7 Å². The van der Waals surface area contributed by atoms with Crippen molar-refractivity contribution < 1.29 is 33.3 Å². The van der Waals surface area contributed by atoms with Gasteiger partial charge in [-0.1, -0.05) is 0 Å². The van der Waals surface area contributed by atoms with E-state index in [1.54, 1.807) is 30.3 Å². The summed E-state index contributed by atoms with van der Waals surface area (Å²) in [6.45, 7) is 4.70. The van der Waals surface area contributed by atoms with Crippen molar-refractivity contribution in [2.45, 2.75) is 32.4 Å². The number of carbonyl (C=O) groups is 2. The summed E-state index contributed by atoms with van der Waals surface area (Å²) in [6, 6.07) is 7.40. The molecule has 8 nitrogen and oxygen atoms in total. The van der Waals surface area contributed by atoms with Gasteiger partial charge in [0.2, 0.25) is 6.79 Å². The Bertz CT molecular complexity index is 977. The molecule has 1 fully saturated rings. The second kappa shape index (κ2) is 8.23. The average Bonchev–Trinajstić information content (AvgIpc) is 3.46. The average molecular weight is 413 g/mol. The molecule has 0 bridgehead atoms. The lowest BCUT2D eigenvalue weighted by Crippen LogP contribution is -2.31. The van der Waals surface area contributed by atoms with E-state index in [0.717, 1.165) is 0 Å². The molecule has 4 rings (SSSR count). The number of rotatable bonds is 7. The summed E-state index contributed by atoms with van der Waals surface area (Å²) in [5.74, 6) is -0.289. The van der Waals surface area contributed by atoms with Gasteiger partial charge in [0.05, 0.1) is 17.9 Å². The number of nitrogens with zero attached hydrogens (tertiary/aromatic N) is 1. The van der Waals surface area contributed by atoms with Crippen molar-refractivity contribution >= 4 is 17.4 Å². The van der Waals surface area contributed by atoms with Gasteiger partial charge in [0, 0.05) is 18.7 Å². The van der Waals surface area contributed by atoms with Crippen LogP contribution in [0.15, 0.2) is 46.6 Å². The third kappa shape index (κ3) is 3.66. The van der Waals surface area contributed by atoms with Gasteiger partial charge in [0.15, 0.2) is 11.5 Å². The van der Waals surface area contributed by atoms with Gasteiger partial charge in [-0.15, -0.1) is 0 Å². The van der Waals surface area contributed by atoms with E-state index in [2.05, 4.69) is 0 Å². The third-order valence-electron chi connectivity index (χ3n) is 4.99. The number of hydrogen-bond donors (Lipinski definition) is 1. The minimum absolute atomic E-state index is 0.0152. The highest BCUT2D eigenvalue weighted by atomic mass is 16.7. The zero-order valence-electron chi connectivity index (χ0n) is 16.8. The molecule has 1 saturated heterocycles. The Balaban J connectivity index is 1.69. The van der Waals surface area contributed by atoms with Gasteiger partial charge < -0.3 is 28.6 Å². The Labute approximate surface area is 173 Å². The third-order valence-corrected chi connectivity index (χ3v) is 4.99. The van der Waals surface area contributed by atoms with Crippen molar-refractivity contribution in [3.63, 3.8) is 0 Å². The van der Waals surface area contributed by atoms with Gasteiger partial charge in [-0.25, -0.2) is 0 Å². The van der Waals surface area contributed by atoms with E-state index >= 15 is 0 Å². The number of hydrogen-bond acceptors (Lipinski definition) is 7. The quantitative estimate of drug-likeness (QED) is 0.322. The monoisotopic (exact) mass is 413 g/mol. The molecule has 0 radical (unpaired) electrons. The first-order chi connectivity index (χ1) is 14.5. The van der Waals surface area contributed by atoms with Crippen LogP contribution in [0.2, 0.25) is 0 Å². The van der Waals surface area contributed by atoms with E-state index in [9.17, 15) is 14.7 Å². The number of furan rings is 1. The lowest BCUT2D eigenvalue weighted by atomic mass is 9.99. The van der Waals surface area contributed by atoms with E-state index in [0.29, 0.717) is 42.4 Å². The maximum absolute atomic E-state index is 12.9. The zero-order valence-corrected chi connectivity index (χ0v) is 16.8. The van der Waals surface area contributed by atoms with Gasteiger partial charge in [0.1, 0.15) is 17.6 Å². The fraction of sp³-hybridized carbons (Fsp3) is 0.364. The van der Waals surface area contributed by atoms with Crippen molar-refractivity contribution in [2.24, 2.45) is 0 Å². The number of likely N-dealkylation sites (tertiary alicyclic amines) is 1. The smallest absolute Gasteiger partial charge is 0.295 e. The van der Waals surface area contributed by atoms with Gasteiger partial charge >= 0.3 is 0 Å². The van der Waals surface area contributed by atoms with Gasteiger partial charge in [-0.3, -0.25) is 9.59 Å². The molecule has 30 heavy (non-hydrogen) atoms. The predicted molar refractivity (Wildman–Crippen MR) is 106 cm³/mol. The molecule has 1 unspecified atom stereocenters. The summed E-state index contributed by atoms with van der Waals surface area (Å²) in [7, 11) is 0. The highest BCUT2D eigenvalue weighted by Gasteiger charge is 2.47. The Hall–Kier alpha value is -3.26. The summed E-state index contributed by atoms with van der Waals surface area (Å²) in [4.78, 5) is 27.1. The normalized spacial score (nSPS) is 19.8. The fourth-order valence-electron chi connectivity index (χ4n) is 3.61. The van der Waals surface area contributed by atoms with E-state index in [-0.39, 0.29) is 24.2 Å². The highest BCUT2D eigenvalue weighted by Crippen LogP contribution is 2.41. The summed E-state index contributed by atoms with van der Waals surface area (Å²) in [5.41, 5.74) is 0.343. The first-order valence-corrected chi connectivity index (χ1v) is 9.81. The topological polar surface area (TPSA) is 98.4 Å². The molecular formula is C22H23NO7. The molecule has 1 aromatic heterocycles. The van der Waals surface area contributed by atoms with E-state index in [4.69, 9.17) is 18.6 Å². The molecule has 1 aromatic carbocycles. The molecule has 2 aromatic rings. The van der Waals surface area contributed by atoms with Crippen LogP contribution in [0.3, 0.4) is 0 Å². The Morgan fingerprint density at radius 1 is 1.23 bits per heavy atom. The highest BCUT2D eigenvalue weighted by molar-refractivity contribution is 6.46. The molecule has 1 atom stereocenters. The van der Waals surface area contributed by atoms with Crippen molar-refractivity contribution in [3.8, 4) is 11.5 Å². The summed E-state index contributed by atoms with van der Waals surface area (Å²) < 4.78 is 21.7. The molecule has 1 amide bonds. The van der Waals surface area contributed by atoms with Crippen molar-refractivity contribution in [2.75, 3.05) is 19.9 Å². The van der Waals surface area contributed by atoms with E-state index < -0.39 is 17.7 Å². The molecular weight excluding hydrogens is 390 g/mol. The maximum Gasteiger partial charge on any atom is 0.295 e. The molecule has 0 spiro atoms. The summed E-state index contributed by atoms with van der Waals surface area (Å²) in [5, 5.41) is 11.0.